The number of halogens is 1. The summed E-state index contributed by atoms with van der Waals surface area (Å²) in [5.41, 5.74) is 1.13. The number of hydrogen-bond donors (Lipinski definition) is 2. The van der Waals surface area contributed by atoms with Gasteiger partial charge in [0, 0.05) is 12.7 Å². The SMILES string of the molecule is CC(NC(=O)CCc1ccccc1C(=O)O)c1ccc(S(C)(=O)=O)c(F)c1. The van der Waals surface area contributed by atoms with Crippen LogP contribution in [0.1, 0.15) is 40.9 Å². The maximum atomic E-state index is 14.0. The molecule has 8 heteroatoms. The fourth-order valence-corrected chi connectivity index (χ4v) is 3.41. The van der Waals surface area contributed by atoms with Crippen molar-refractivity contribution in [1.29, 1.82) is 0 Å². The van der Waals surface area contributed by atoms with Crippen LogP contribution in [0.25, 0.3) is 0 Å². The number of rotatable bonds is 7. The predicted octanol–water partition coefficient (Wildman–Crippen LogP) is 2.74. The Bertz CT molecular complexity index is 972. The molecule has 0 radical (unpaired) electrons. The van der Waals surface area contributed by atoms with Crippen molar-refractivity contribution >= 4 is 21.7 Å². The fraction of sp³-hybridized carbons (Fsp3) is 0.263. The van der Waals surface area contributed by atoms with Gasteiger partial charge in [-0.25, -0.2) is 17.6 Å². The highest BCUT2D eigenvalue weighted by Gasteiger charge is 2.17. The van der Waals surface area contributed by atoms with Gasteiger partial charge < -0.3 is 10.4 Å². The van der Waals surface area contributed by atoms with Crippen molar-refractivity contribution in [2.75, 3.05) is 6.26 Å². The van der Waals surface area contributed by atoms with E-state index in [1.807, 2.05) is 0 Å². The van der Waals surface area contributed by atoms with Crippen LogP contribution in [0.2, 0.25) is 0 Å². The molecule has 0 saturated carbocycles. The van der Waals surface area contributed by atoms with Crippen LogP contribution in [-0.4, -0.2) is 31.7 Å². The number of carbonyl (C=O) groups excluding carboxylic acids is 1. The highest BCUT2D eigenvalue weighted by atomic mass is 32.2. The molecular weight excluding hydrogens is 373 g/mol. The molecule has 1 unspecified atom stereocenters. The molecule has 0 heterocycles. The summed E-state index contributed by atoms with van der Waals surface area (Å²) in [5, 5.41) is 11.8. The number of carboxylic acid groups (broad SMARTS) is 1. The highest BCUT2D eigenvalue weighted by Crippen LogP contribution is 2.20. The molecule has 0 aliphatic carbocycles. The molecule has 0 fully saturated rings. The first-order valence-electron chi connectivity index (χ1n) is 8.19. The topological polar surface area (TPSA) is 101 Å². The van der Waals surface area contributed by atoms with Crippen molar-refractivity contribution in [1.82, 2.24) is 5.32 Å². The molecule has 144 valence electrons. The first kappa shape index (κ1) is 20.6. The molecule has 1 amide bonds. The lowest BCUT2D eigenvalue weighted by atomic mass is 10.0. The Morgan fingerprint density at radius 1 is 1.19 bits per heavy atom. The Hall–Kier alpha value is -2.74. The average Bonchev–Trinajstić information content (AvgIpc) is 2.58. The molecule has 0 spiro atoms. The van der Waals surface area contributed by atoms with Crippen molar-refractivity contribution in [2.45, 2.75) is 30.7 Å². The molecule has 2 aromatic carbocycles. The van der Waals surface area contributed by atoms with Gasteiger partial charge in [-0.15, -0.1) is 0 Å². The summed E-state index contributed by atoms with van der Waals surface area (Å²) in [7, 11) is -3.66. The van der Waals surface area contributed by atoms with E-state index in [0.29, 0.717) is 11.1 Å². The standard InChI is InChI=1S/C19H20FNO5S/c1-12(14-7-9-17(16(20)11-14)27(2,25)26)21-18(22)10-8-13-5-3-4-6-15(13)19(23)24/h3-7,9,11-12H,8,10H2,1-2H3,(H,21,22)(H,23,24). The minimum absolute atomic E-state index is 0.0680. The molecule has 2 N–H and O–H groups in total. The van der Waals surface area contributed by atoms with E-state index in [1.54, 1.807) is 25.1 Å². The van der Waals surface area contributed by atoms with E-state index in [-0.39, 0.29) is 24.3 Å². The lowest BCUT2D eigenvalue weighted by Crippen LogP contribution is -2.27. The number of benzene rings is 2. The number of hydrogen-bond acceptors (Lipinski definition) is 4. The minimum Gasteiger partial charge on any atom is -0.478 e. The number of carbonyl (C=O) groups is 2. The summed E-state index contributed by atoms with van der Waals surface area (Å²) >= 11 is 0. The number of nitrogens with one attached hydrogen (secondary N) is 1. The smallest absolute Gasteiger partial charge is 0.335 e. The number of amides is 1. The lowest BCUT2D eigenvalue weighted by molar-refractivity contribution is -0.121. The molecule has 1 atom stereocenters. The average molecular weight is 393 g/mol. The van der Waals surface area contributed by atoms with Crippen LogP contribution in [0.15, 0.2) is 47.4 Å². The third-order valence-corrected chi connectivity index (χ3v) is 5.23. The van der Waals surface area contributed by atoms with E-state index in [4.69, 9.17) is 5.11 Å². The quantitative estimate of drug-likeness (QED) is 0.753. The van der Waals surface area contributed by atoms with Crippen molar-refractivity contribution in [3.8, 4) is 0 Å². The minimum atomic E-state index is -3.66. The molecule has 0 saturated heterocycles. The Balaban J connectivity index is 2.02. The van der Waals surface area contributed by atoms with Crippen LogP contribution in [0.4, 0.5) is 4.39 Å². The van der Waals surface area contributed by atoms with Crippen LogP contribution < -0.4 is 5.32 Å². The zero-order valence-electron chi connectivity index (χ0n) is 14.9. The first-order valence-corrected chi connectivity index (χ1v) is 10.1. The van der Waals surface area contributed by atoms with E-state index < -0.39 is 32.6 Å². The summed E-state index contributed by atoms with van der Waals surface area (Å²) in [6.45, 7) is 1.65. The number of aryl methyl sites for hydroxylation is 1. The van der Waals surface area contributed by atoms with E-state index in [0.717, 1.165) is 12.3 Å². The van der Waals surface area contributed by atoms with Crippen LogP contribution in [0, 0.1) is 5.82 Å². The molecule has 2 aromatic rings. The second kappa shape index (κ2) is 8.30. The predicted molar refractivity (Wildman–Crippen MR) is 97.8 cm³/mol. The van der Waals surface area contributed by atoms with Crippen LogP contribution in [0.3, 0.4) is 0 Å². The third kappa shape index (κ3) is 5.37. The summed E-state index contributed by atoms with van der Waals surface area (Å²) in [6, 6.07) is 9.62. The van der Waals surface area contributed by atoms with E-state index in [1.165, 1.54) is 18.2 Å². The molecule has 0 aromatic heterocycles. The largest absolute Gasteiger partial charge is 0.478 e. The summed E-state index contributed by atoms with van der Waals surface area (Å²) in [5.74, 6) is -2.25. The molecule has 6 nitrogen and oxygen atoms in total. The lowest BCUT2D eigenvalue weighted by Gasteiger charge is -2.15. The summed E-state index contributed by atoms with van der Waals surface area (Å²) in [4.78, 5) is 22.9. The van der Waals surface area contributed by atoms with Crippen LogP contribution in [-0.2, 0) is 21.1 Å². The van der Waals surface area contributed by atoms with Crippen molar-refractivity contribution in [3.05, 3.63) is 65.0 Å². The van der Waals surface area contributed by atoms with Gasteiger partial charge in [-0.1, -0.05) is 24.3 Å². The van der Waals surface area contributed by atoms with Gasteiger partial charge in [-0.3, -0.25) is 4.79 Å². The zero-order chi connectivity index (χ0) is 20.2. The number of sulfone groups is 1. The summed E-state index contributed by atoms with van der Waals surface area (Å²) in [6.07, 6.45) is 1.24. The van der Waals surface area contributed by atoms with Gasteiger partial charge in [0.1, 0.15) is 10.7 Å². The van der Waals surface area contributed by atoms with Crippen LogP contribution in [0.5, 0.6) is 0 Å². The van der Waals surface area contributed by atoms with Gasteiger partial charge in [0.2, 0.25) is 5.91 Å². The molecular formula is C19H20FNO5S. The molecule has 2 rings (SSSR count). The number of aromatic carboxylic acids is 1. The molecule has 27 heavy (non-hydrogen) atoms. The monoisotopic (exact) mass is 393 g/mol. The van der Waals surface area contributed by atoms with E-state index in [9.17, 15) is 22.4 Å². The Labute approximate surface area is 157 Å². The van der Waals surface area contributed by atoms with Crippen molar-refractivity contribution in [3.63, 3.8) is 0 Å². The van der Waals surface area contributed by atoms with Crippen molar-refractivity contribution in [2.24, 2.45) is 0 Å². The highest BCUT2D eigenvalue weighted by molar-refractivity contribution is 7.90. The molecule has 0 aliphatic heterocycles. The fourth-order valence-electron chi connectivity index (χ4n) is 2.68. The molecule has 0 bridgehead atoms. The van der Waals surface area contributed by atoms with Gasteiger partial charge in [0.05, 0.1) is 11.6 Å². The zero-order valence-corrected chi connectivity index (χ0v) is 15.7. The van der Waals surface area contributed by atoms with E-state index in [2.05, 4.69) is 5.32 Å². The van der Waals surface area contributed by atoms with E-state index >= 15 is 0 Å². The van der Waals surface area contributed by atoms with Gasteiger partial charge in [0.15, 0.2) is 9.84 Å². The van der Waals surface area contributed by atoms with Gasteiger partial charge >= 0.3 is 5.97 Å². The normalized spacial score (nSPS) is 12.4. The second-order valence-electron chi connectivity index (χ2n) is 6.21. The number of carboxylic acids is 1. The van der Waals surface area contributed by atoms with Crippen molar-refractivity contribution < 1.29 is 27.5 Å². The second-order valence-corrected chi connectivity index (χ2v) is 8.20. The van der Waals surface area contributed by atoms with Gasteiger partial charge in [-0.2, -0.15) is 0 Å². The Morgan fingerprint density at radius 2 is 1.85 bits per heavy atom. The Morgan fingerprint density at radius 3 is 2.44 bits per heavy atom. The summed E-state index contributed by atoms with van der Waals surface area (Å²) < 4.78 is 36.9. The first-order chi connectivity index (χ1) is 12.6. The van der Waals surface area contributed by atoms with Gasteiger partial charge in [0.25, 0.3) is 0 Å². The third-order valence-electron chi connectivity index (χ3n) is 4.10. The van der Waals surface area contributed by atoms with Crippen LogP contribution >= 0.6 is 0 Å². The Kier molecular flexibility index (Phi) is 6.32. The van der Waals surface area contributed by atoms with Gasteiger partial charge in [-0.05, 0) is 42.7 Å². The maximum Gasteiger partial charge on any atom is 0.335 e. The maximum absolute atomic E-state index is 14.0. The molecule has 0 aliphatic rings.